The van der Waals surface area contributed by atoms with Crippen molar-refractivity contribution in [2.24, 2.45) is 0 Å². The molecule has 9 nitrogen and oxygen atoms in total. The summed E-state index contributed by atoms with van der Waals surface area (Å²) in [4.78, 5) is 53.1. The van der Waals surface area contributed by atoms with E-state index >= 15 is 0 Å². The molecule has 1 unspecified atom stereocenters. The molecular weight excluding hydrogens is 506 g/mol. The van der Waals surface area contributed by atoms with Crippen LogP contribution in [0, 0.1) is 6.92 Å². The molecule has 0 radical (unpaired) electrons. The highest BCUT2D eigenvalue weighted by Crippen LogP contribution is 2.29. The van der Waals surface area contributed by atoms with Crippen molar-refractivity contribution in [3.8, 4) is 0 Å². The van der Waals surface area contributed by atoms with Gasteiger partial charge in [-0.05, 0) is 60.3 Å². The highest BCUT2D eigenvalue weighted by molar-refractivity contribution is 6.31. The van der Waals surface area contributed by atoms with Gasteiger partial charge < -0.3 is 15.5 Å². The van der Waals surface area contributed by atoms with Crippen molar-refractivity contribution < 1.29 is 19.2 Å². The zero-order valence-corrected chi connectivity index (χ0v) is 22.4. The summed E-state index contributed by atoms with van der Waals surface area (Å²) in [5.74, 6) is -1.01. The van der Waals surface area contributed by atoms with Crippen molar-refractivity contribution in [2.75, 3.05) is 18.4 Å². The molecule has 2 aliphatic heterocycles. The molecule has 2 aromatic carbocycles. The summed E-state index contributed by atoms with van der Waals surface area (Å²) in [5.41, 5.74) is 4.65. The molecule has 10 heteroatoms. The Labute approximate surface area is 227 Å². The maximum absolute atomic E-state index is 13.0. The largest absolute Gasteiger partial charge is 0.334 e. The average Bonchev–Trinajstić information content (AvgIpc) is 3.20. The summed E-state index contributed by atoms with van der Waals surface area (Å²) in [5, 5.41) is 8.54. The monoisotopic (exact) mass is 537 g/mol. The highest BCUT2D eigenvalue weighted by Gasteiger charge is 2.39. The summed E-state index contributed by atoms with van der Waals surface area (Å²) in [6.07, 6.45) is 2.38. The molecule has 4 rings (SSSR count). The molecule has 2 heterocycles. The van der Waals surface area contributed by atoms with Crippen LogP contribution in [-0.4, -0.2) is 52.7 Å². The van der Waals surface area contributed by atoms with E-state index in [0.717, 1.165) is 35.3 Å². The quantitative estimate of drug-likeness (QED) is 0.333. The Kier molecular flexibility index (Phi) is 8.48. The predicted molar refractivity (Wildman–Crippen MR) is 146 cm³/mol. The predicted octanol–water partition coefficient (Wildman–Crippen LogP) is 3.74. The Morgan fingerprint density at radius 2 is 2.05 bits per heavy atom. The number of rotatable bonds is 9. The molecule has 1 atom stereocenters. The number of halogens is 1. The third kappa shape index (κ3) is 6.06. The Morgan fingerprint density at radius 1 is 1.26 bits per heavy atom. The SMILES string of the molecule is C=CCN(CC)Cc1cc(NC(=O)NCc2ccc3c(c2)C(=O)N(C2CCC(=O)NC2=O)C3)cc(Cl)c1C. The van der Waals surface area contributed by atoms with Crippen LogP contribution in [0.25, 0.3) is 0 Å². The molecule has 0 bridgehead atoms. The van der Waals surface area contributed by atoms with Gasteiger partial charge in [-0.15, -0.1) is 6.58 Å². The highest BCUT2D eigenvalue weighted by atomic mass is 35.5. The fraction of sp³-hybridized carbons (Fsp3) is 0.357. The fourth-order valence-electron chi connectivity index (χ4n) is 4.77. The second kappa shape index (κ2) is 11.8. The van der Waals surface area contributed by atoms with Crippen molar-refractivity contribution in [3.63, 3.8) is 0 Å². The van der Waals surface area contributed by atoms with Gasteiger partial charge in [-0.1, -0.05) is 36.7 Å². The summed E-state index contributed by atoms with van der Waals surface area (Å²) >= 11 is 6.44. The summed E-state index contributed by atoms with van der Waals surface area (Å²) in [7, 11) is 0. The second-order valence-corrected chi connectivity index (χ2v) is 9.96. The molecule has 1 saturated heterocycles. The van der Waals surface area contributed by atoms with E-state index in [1.165, 1.54) is 4.90 Å². The van der Waals surface area contributed by atoms with E-state index in [4.69, 9.17) is 11.6 Å². The molecule has 38 heavy (non-hydrogen) atoms. The standard InChI is InChI=1S/C28H32ClN5O4/c1-4-10-33(5-2)15-20-12-21(13-23(29)17(20)3)31-28(38)30-14-18-6-7-19-16-34(27(37)22(19)11-18)24-8-9-25(35)32-26(24)36/h4,6-7,11-13,24H,1,5,8-10,14-16H2,2-3H3,(H2,30,31,38)(H,32,35,36). The molecule has 1 fully saturated rings. The number of urea groups is 1. The summed E-state index contributed by atoms with van der Waals surface area (Å²) in [6, 6.07) is 8.01. The number of imide groups is 1. The molecule has 0 aliphatic carbocycles. The Morgan fingerprint density at radius 3 is 2.76 bits per heavy atom. The topological polar surface area (TPSA) is 111 Å². The molecular formula is C28H32ClN5O4. The van der Waals surface area contributed by atoms with Crippen LogP contribution in [-0.2, 0) is 29.2 Å². The van der Waals surface area contributed by atoms with Crippen molar-refractivity contribution in [1.29, 1.82) is 0 Å². The van der Waals surface area contributed by atoms with Gasteiger partial charge in [0.1, 0.15) is 6.04 Å². The zero-order valence-electron chi connectivity index (χ0n) is 21.6. The number of nitrogens with one attached hydrogen (secondary N) is 3. The van der Waals surface area contributed by atoms with E-state index in [1.807, 2.05) is 31.2 Å². The number of carbonyl (C=O) groups excluding carboxylic acids is 4. The van der Waals surface area contributed by atoms with Crippen LogP contribution in [0.2, 0.25) is 5.02 Å². The number of piperidine rings is 1. The van der Waals surface area contributed by atoms with Crippen LogP contribution in [0.4, 0.5) is 10.5 Å². The van der Waals surface area contributed by atoms with Crippen LogP contribution < -0.4 is 16.0 Å². The number of anilines is 1. The van der Waals surface area contributed by atoms with Crippen LogP contribution in [0.5, 0.6) is 0 Å². The molecule has 2 aromatic rings. The Bertz CT molecular complexity index is 1290. The molecule has 0 saturated carbocycles. The normalized spacial score (nSPS) is 16.9. The first-order valence-electron chi connectivity index (χ1n) is 12.6. The summed E-state index contributed by atoms with van der Waals surface area (Å²) < 4.78 is 0. The molecule has 3 N–H and O–H groups in total. The number of hydrogen-bond donors (Lipinski definition) is 3. The second-order valence-electron chi connectivity index (χ2n) is 9.56. The maximum Gasteiger partial charge on any atom is 0.319 e. The van der Waals surface area contributed by atoms with Gasteiger partial charge in [0.15, 0.2) is 0 Å². The fourth-order valence-corrected chi connectivity index (χ4v) is 5.01. The molecule has 5 amide bonds. The Balaban J connectivity index is 1.38. The van der Waals surface area contributed by atoms with Crippen molar-refractivity contribution in [2.45, 2.75) is 52.4 Å². The van der Waals surface area contributed by atoms with E-state index in [-0.39, 0.29) is 24.8 Å². The van der Waals surface area contributed by atoms with Gasteiger partial charge in [0.2, 0.25) is 11.8 Å². The minimum absolute atomic E-state index is 0.209. The molecule has 2 aliphatic rings. The van der Waals surface area contributed by atoms with Crippen molar-refractivity contribution in [3.05, 3.63) is 75.8 Å². The first-order valence-corrected chi connectivity index (χ1v) is 13.0. The van der Waals surface area contributed by atoms with Gasteiger partial charge in [-0.2, -0.15) is 0 Å². The Hall–Kier alpha value is -3.69. The van der Waals surface area contributed by atoms with Gasteiger partial charge in [-0.3, -0.25) is 24.6 Å². The lowest BCUT2D eigenvalue weighted by Gasteiger charge is -2.29. The number of carbonyl (C=O) groups is 4. The first kappa shape index (κ1) is 27.3. The smallest absolute Gasteiger partial charge is 0.319 e. The zero-order chi connectivity index (χ0) is 27.4. The van der Waals surface area contributed by atoms with Gasteiger partial charge >= 0.3 is 6.03 Å². The average molecular weight is 538 g/mol. The van der Waals surface area contributed by atoms with Crippen LogP contribution >= 0.6 is 11.6 Å². The lowest BCUT2D eigenvalue weighted by Crippen LogP contribution is -2.52. The van der Waals surface area contributed by atoms with Crippen LogP contribution in [0.15, 0.2) is 43.0 Å². The molecule has 200 valence electrons. The van der Waals surface area contributed by atoms with E-state index in [0.29, 0.717) is 35.8 Å². The van der Waals surface area contributed by atoms with Crippen molar-refractivity contribution >= 4 is 41.0 Å². The lowest BCUT2D eigenvalue weighted by molar-refractivity contribution is -0.136. The molecule has 0 aromatic heterocycles. The minimum atomic E-state index is -0.660. The van der Waals surface area contributed by atoms with E-state index in [1.54, 1.807) is 12.1 Å². The van der Waals surface area contributed by atoms with Gasteiger partial charge in [-0.25, -0.2) is 4.79 Å². The minimum Gasteiger partial charge on any atom is -0.334 e. The summed E-state index contributed by atoms with van der Waals surface area (Å²) in [6.45, 7) is 10.7. The van der Waals surface area contributed by atoms with Crippen LogP contribution in [0.3, 0.4) is 0 Å². The third-order valence-corrected chi connectivity index (χ3v) is 7.38. The van der Waals surface area contributed by atoms with Gasteiger partial charge in [0, 0.05) is 48.9 Å². The number of benzene rings is 2. The van der Waals surface area contributed by atoms with E-state index < -0.39 is 18.0 Å². The number of nitrogens with zero attached hydrogens (tertiary/aromatic N) is 2. The van der Waals surface area contributed by atoms with E-state index in [2.05, 4.69) is 34.4 Å². The number of hydrogen-bond acceptors (Lipinski definition) is 5. The first-order chi connectivity index (χ1) is 18.2. The maximum atomic E-state index is 13.0. The number of amides is 5. The third-order valence-electron chi connectivity index (χ3n) is 6.98. The lowest BCUT2D eigenvalue weighted by atomic mass is 10.0. The van der Waals surface area contributed by atoms with Crippen molar-refractivity contribution in [1.82, 2.24) is 20.4 Å². The van der Waals surface area contributed by atoms with E-state index in [9.17, 15) is 19.2 Å². The van der Waals surface area contributed by atoms with Crippen LogP contribution in [0.1, 0.15) is 52.4 Å². The number of fused-ring (bicyclic) bond motifs is 1. The molecule has 0 spiro atoms. The number of likely N-dealkylation sites (N-methyl/N-ethyl adjacent to an activating group) is 1. The van der Waals surface area contributed by atoms with Gasteiger partial charge in [0.25, 0.3) is 5.91 Å². The van der Waals surface area contributed by atoms with Gasteiger partial charge in [0.05, 0.1) is 0 Å².